The molecule has 1 amide bonds. The molecule has 3 nitrogen and oxygen atoms in total. The molecule has 17 heavy (non-hydrogen) atoms. The lowest BCUT2D eigenvalue weighted by molar-refractivity contribution is 0.0696. The maximum Gasteiger partial charge on any atom is 0.256 e. The van der Waals surface area contributed by atoms with Crippen LogP contribution in [0.2, 0.25) is 0 Å². The summed E-state index contributed by atoms with van der Waals surface area (Å²) in [5, 5.41) is 0.489. The van der Waals surface area contributed by atoms with Crippen LogP contribution in [0.4, 0.5) is 0 Å². The highest BCUT2D eigenvalue weighted by Crippen LogP contribution is 2.26. The van der Waals surface area contributed by atoms with E-state index < -0.39 is 0 Å². The van der Waals surface area contributed by atoms with Crippen LogP contribution in [-0.4, -0.2) is 39.4 Å². The molecule has 0 saturated carbocycles. The van der Waals surface area contributed by atoms with Crippen LogP contribution < -0.4 is 0 Å². The molecule has 1 aliphatic rings. The van der Waals surface area contributed by atoms with Gasteiger partial charge in [0.1, 0.15) is 4.60 Å². The Labute approximate surface area is 114 Å². The zero-order chi connectivity index (χ0) is 12.4. The van der Waals surface area contributed by atoms with E-state index in [4.69, 9.17) is 0 Å². The van der Waals surface area contributed by atoms with Gasteiger partial charge in [0, 0.05) is 29.8 Å². The predicted octanol–water partition coefficient (Wildman–Crippen LogP) is 2.81. The maximum absolute atomic E-state index is 12.4. The molecule has 92 valence electrons. The minimum Gasteiger partial charge on any atom is -0.334 e. The fraction of sp³-hybridized carbons (Fsp3) is 0.500. The topological polar surface area (TPSA) is 33.2 Å². The number of hydrogen-bond donors (Lipinski definition) is 0. The van der Waals surface area contributed by atoms with Crippen LogP contribution in [0.5, 0.6) is 0 Å². The van der Waals surface area contributed by atoms with Crippen molar-refractivity contribution in [2.24, 2.45) is 0 Å². The third kappa shape index (κ3) is 2.65. The van der Waals surface area contributed by atoms with Crippen molar-refractivity contribution < 1.29 is 4.79 Å². The molecule has 2 unspecified atom stereocenters. The molecule has 0 spiro atoms. The van der Waals surface area contributed by atoms with Gasteiger partial charge < -0.3 is 4.90 Å². The third-order valence-electron chi connectivity index (χ3n) is 3.13. The van der Waals surface area contributed by atoms with E-state index in [1.165, 1.54) is 0 Å². The van der Waals surface area contributed by atoms with E-state index >= 15 is 0 Å². The average Bonchev–Trinajstić information content (AvgIpc) is 2.32. The van der Waals surface area contributed by atoms with Crippen LogP contribution in [0, 0.1) is 0 Å². The molecule has 1 saturated heterocycles. The zero-order valence-electron chi connectivity index (χ0n) is 9.89. The minimum atomic E-state index is 0.0737. The number of nitrogens with zero attached hydrogens (tertiary/aromatic N) is 2. The van der Waals surface area contributed by atoms with E-state index in [2.05, 4.69) is 34.8 Å². The molecule has 0 radical (unpaired) electrons. The highest BCUT2D eigenvalue weighted by molar-refractivity contribution is 9.10. The molecule has 0 aliphatic carbocycles. The smallest absolute Gasteiger partial charge is 0.256 e. The van der Waals surface area contributed by atoms with Gasteiger partial charge in [-0.15, -0.1) is 0 Å². The number of pyridine rings is 1. The first-order chi connectivity index (χ1) is 8.11. The van der Waals surface area contributed by atoms with Gasteiger partial charge in [-0.3, -0.25) is 4.79 Å². The lowest BCUT2D eigenvalue weighted by Crippen LogP contribution is -2.48. The number of thioether (sulfide) groups is 1. The van der Waals surface area contributed by atoms with Crippen molar-refractivity contribution in [3.05, 3.63) is 28.5 Å². The van der Waals surface area contributed by atoms with Crippen LogP contribution in [0.15, 0.2) is 22.9 Å². The van der Waals surface area contributed by atoms with Crippen LogP contribution in [-0.2, 0) is 0 Å². The van der Waals surface area contributed by atoms with Crippen molar-refractivity contribution in [1.29, 1.82) is 0 Å². The molecular formula is C12H15BrN2OS. The Balaban J connectivity index is 2.23. The van der Waals surface area contributed by atoms with Crippen LogP contribution in [0.3, 0.4) is 0 Å². The second-order valence-electron chi connectivity index (χ2n) is 4.16. The number of halogens is 1. The van der Waals surface area contributed by atoms with Crippen molar-refractivity contribution >= 4 is 33.6 Å². The van der Waals surface area contributed by atoms with Crippen LogP contribution in [0.25, 0.3) is 0 Å². The second-order valence-corrected chi connectivity index (χ2v) is 6.39. The van der Waals surface area contributed by atoms with E-state index in [1.54, 1.807) is 12.3 Å². The van der Waals surface area contributed by atoms with Crippen molar-refractivity contribution in [2.45, 2.75) is 25.1 Å². The highest BCUT2D eigenvalue weighted by Gasteiger charge is 2.30. The van der Waals surface area contributed by atoms with Crippen LogP contribution >= 0.6 is 27.7 Å². The quantitative estimate of drug-likeness (QED) is 0.747. The number of carbonyl (C=O) groups is 1. The summed E-state index contributed by atoms with van der Waals surface area (Å²) in [7, 11) is 0. The Morgan fingerprint density at radius 1 is 1.59 bits per heavy atom. The van der Waals surface area contributed by atoms with Gasteiger partial charge in [-0.2, -0.15) is 11.8 Å². The standard InChI is InChI=1S/C12H15BrN2OS/c1-8-9(2)17-7-6-15(8)12(16)10-4-3-5-14-11(10)13/h3-5,8-9H,6-7H2,1-2H3. The largest absolute Gasteiger partial charge is 0.334 e. The first kappa shape index (κ1) is 12.9. The Bertz CT molecular complexity index is 427. The van der Waals surface area contributed by atoms with Gasteiger partial charge in [-0.25, -0.2) is 4.98 Å². The van der Waals surface area contributed by atoms with Gasteiger partial charge in [0.05, 0.1) is 5.56 Å². The summed E-state index contributed by atoms with van der Waals surface area (Å²) in [6.07, 6.45) is 1.68. The van der Waals surface area contributed by atoms with Gasteiger partial charge in [0.25, 0.3) is 5.91 Å². The highest BCUT2D eigenvalue weighted by atomic mass is 79.9. The first-order valence-electron chi connectivity index (χ1n) is 5.64. The molecule has 2 rings (SSSR count). The monoisotopic (exact) mass is 314 g/mol. The van der Waals surface area contributed by atoms with Crippen molar-refractivity contribution in [3.63, 3.8) is 0 Å². The Morgan fingerprint density at radius 3 is 3.06 bits per heavy atom. The first-order valence-corrected chi connectivity index (χ1v) is 7.48. The van der Waals surface area contributed by atoms with E-state index in [0.29, 0.717) is 15.4 Å². The van der Waals surface area contributed by atoms with Crippen LogP contribution in [0.1, 0.15) is 24.2 Å². The summed E-state index contributed by atoms with van der Waals surface area (Å²) in [6.45, 7) is 5.10. The predicted molar refractivity (Wildman–Crippen MR) is 74.4 cm³/mol. The summed E-state index contributed by atoms with van der Waals surface area (Å²) in [6, 6.07) is 3.89. The molecule has 2 heterocycles. The average molecular weight is 315 g/mol. The van der Waals surface area contributed by atoms with Gasteiger partial charge in [-0.1, -0.05) is 6.92 Å². The molecular weight excluding hydrogens is 300 g/mol. The van der Waals surface area contributed by atoms with Crippen molar-refractivity contribution in [2.75, 3.05) is 12.3 Å². The fourth-order valence-corrected chi connectivity index (χ4v) is 3.44. The summed E-state index contributed by atoms with van der Waals surface area (Å²) < 4.78 is 0.628. The lowest BCUT2D eigenvalue weighted by Gasteiger charge is -2.37. The minimum absolute atomic E-state index is 0.0737. The lowest BCUT2D eigenvalue weighted by atomic mass is 10.1. The summed E-state index contributed by atoms with van der Waals surface area (Å²) >= 11 is 5.26. The zero-order valence-corrected chi connectivity index (χ0v) is 12.3. The Morgan fingerprint density at radius 2 is 2.35 bits per heavy atom. The van der Waals surface area contributed by atoms with Crippen molar-refractivity contribution in [1.82, 2.24) is 9.88 Å². The van der Waals surface area contributed by atoms with E-state index in [0.717, 1.165) is 12.3 Å². The van der Waals surface area contributed by atoms with Crippen molar-refractivity contribution in [3.8, 4) is 0 Å². The molecule has 0 aromatic carbocycles. The molecule has 1 aromatic heterocycles. The number of aromatic nitrogens is 1. The Kier molecular flexibility index (Phi) is 4.09. The summed E-state index contributed by atoms with van der Waals surface area (Å²) in [4.78, 5) is 18.5. The summed E-state index contributed by atoms with van der Waals surface area (Å²) in [5.41, 5.74) is 0.651. The molecule has 0 N–H and O–H groups in total. The summed E-state index contributed by atoms with van der Waals surface area (Å²) in [5.74, 6) is 1.08. The molecule has 1 aliphatic heterocycles. The Hall–Kier alpha value is -0.550. The van der Waals surface area contributed by atoms with E-state index in [-0.39, 0.29) is 11.9 Å². The second kappa shape index (κ2) is 5.40. The van der Waals surface area contributed by atoms with E-state index in [9.17, 15) is 4.79 Å². The SMILES string of the molecule is CC1SCCN(C(=O)c2cccnc2Br)C1C. The van der Waals surface area contributed by atoms with Gasteiger partial charge >= 0.3 is 0 Å². The molecule has 1 aromatic rings. The maximum atomic E-state index is 12.4. The number of hydrogen-bond acceptors (Lipinski definition) is 3. The van der Waals surface area contributed by atoms with E-state index in [1.807, 2.05) is 22.7 Å². The third-order valence-corrected chi connectivity index (χ3v) is 5.10. The normalized spacial score (nSPS) is 24.8. The molecule has 5 heteroatoms. The number of rotatable bonds is 1. The molecule has 0 bridgehead atoms. The molecule has 1 fully saturated rings. The van der Waals surface area contributed by atoms with Gasteiger partial charge in [0.2, 0.25) is 0 Å². The van der Waals surface area contributed by atoms with Gasteiger partial charge in [0.15, 0.2) is 0 Å². The number of carbonyl (C=O) groups excluding carboxylic acids is 1. The fourth-order valence-electron chi connectivity index (χ4n) is 1.92. The molecule has 2 atom stereocenters. The number of amides is 1. The van der Waals surface area contributed by atoms with Gasteiger partial charge in [-0.05, 0) is 35.0 Å².